The molecular formula is C13H23NO. The molecule has 1 aliphatic carbocycles. The Kier molecular flexibility index (Phi) is 4.18. The topological polar surface area (TPSA) is 20.3 Å². The van der Waals surface area contributed by atoms with E-state index in [-0.39, 0.29) is 0 Å². The van der Waals surface area contributed by atoms with E-state index in [2.05, 4.69) is 4.90 Å². The quantitative estimate of drug-likeness (QED) is 0.697. The zero-order chi connectivity index (χ0) is 10.5. The summed E-state index contributed by atoms with van der Waals surface area (Å²) in [4.78, 5) is 14.3. The normalized spacial score (nSPS) is 30.1. The summed E-state index contributed by atoms with van der Waals surface area (Å²) in [5.74, 6) is 0.905. The molecule has 86 valence electrons. The lowest BCUT2D eigenvalue weighted by Gasteiger charge is -2.27. The van der Waals surface area contributed by atoms with Crippen LogP contribution in [0, 0.1) is 5.92 Å². The number of ketones is 1. The summed E-state index contributed by atoms with van der Waals surface area (Å²) in [5.41, 5.74) is 0. The van der Waals surface area contributed by atoms with Crippen LogP contribution in [0.25, 0.3) is 0 Å². The van der Waals surface area contributed by atoms with Crippen LogP contribution in [-0.4, -0.2) is 30.3 Å². The van der Waals surface area contributed by atoms with Crippen molar-refractivity contribution in [2.45, 2.75) is 51.4 Å². The minimum Gasteiger partial charge on any atom is -0.303 e. The van der Waals surface area contributed by atoms with Gasteiger partial charge in [0, 0.05) is 18.9 Å². The molecule has 2 aliphatic rings. The third-order valence-electron chi connectivity index (χ3n) is 3.86. The van der Waals surface area contributed by atoms with Crippen molar-refractivity contribution in [2.24, 2.45) is 5.92 Å². The van der Waals surface area contributed by atoms with E-state index in [1.165, 1.54) is 45.2 Å². The lowest BCUT2D eigenvalue weighted by molar-refractivity contribution is -0.125. The van der Waals surface area contributed by atoms with Crippen molar-refractivity contribution < 1.29 is 4.79 Å². The molecule has 0 aromatic carbocycles. The van der Waals surface area contributed by atoms with Gasteiger partial charge in [0.25, 0.3) is 0 Å². The molecule has 1 heterocycles. The van der Waals surface area contributed by atoms with E-state index >= 15 is 0 Å². The van der Waals surface area contributed by atoms with Crippen molar-refractivity contribution in [3.63, 3.8) is 0 Å². The smallest absolute Gasteiger partial charge is 0.137 e. The summed E-state index contributed by atoms with van der Waals surface area (Å²) in [7, 11) is 0. The van der Waals surface area contributed by atoms with Gasteiger partial charge < -0.3 is 4.90 Å². The SMILES string of the molecule is O=C1CCCC[C@@H]1CN1CCCCCC1. The second-order valence-electron chi connectivity index (χ2n) is 5.12. The fourth-order valence-corrected chi connectivity index (χ4v) is 2.88. The van der Waals surface area contributed by atoms with Gasteiger partial charge in [0.05, 0.1) is 0 Å². The van der Waals surface area contributed by atoms with E-state index in [0.717, 1.165) is 25.8 Å². The Balaban J connectivity index is 1.80. The number of Topliss-reactive ketones (excluding diaryl/α,β-unsaturated/α-hetero) is 1. The van der Waals surface area contributed by atoms with Crippen molar-refractivity contribution in [1.29, 1.82) is 0 Å². The van der Waals surface area contributed by atoms with Gasteiger partial charge in [-0.3, -0.25) is 4.79 Å². The van der Waals surface area contributed by atoms with Gasteiger partial charge in [0.15, 0.2) is 0 Å². The molecule has 0 aromatic rings. The largest absolute Gasteiger partial charge is 0.303 e. The summed E-state index contributed by atoms with van der Waals surface area (Å²) in [6.07, 6.45) is 9.83. The minimum atomic E-state index is 0.372. The van der Waals surface area contributed by atoms with Crippen LogP contribution in [-0.2, 0) is 4.79 Å². The van der Waals surface area contributed by atoms with Crippen LogP contribution >= 0.6 is 0 Å². The zero-order valence-electron chi connectivity index (χ0n) is 9.71. The average molecular weight is 209 g/mol. The van der Waals surface area contributed by atoms with Crippen molar-refractivity contribution in [3.8, 4) is 0 Å². The van der Waals surface area contributed by atoms with E-state index in [4.69, 9.17) is 0 Å². The van der Waals surface area contributed by atoms with E-state index < -0.39 is 0 Å². The maximum atomic E-state index is 11.7. The first-order valence-electron chi connectivity index (χ1n) is 6.61. The number of rotatable bonds is 2. The molecule has 1 aliphatic heterocycles. The van der Waals surface area contributed by atoms with E-state index in [1.807, 2.05) is 0 Å². The van der Waals surface area contributed by atoms with Gasteiger partial charge in [-0.25, -0.2) is 0 Å². The van der Waals surface area contributed by atoms with Gasteiger partial charge in [-0.2, -0.15) is 0 Å². The second-order valence-corrected chi connectivity index (χ2v) is 5.12. The van der Waals surface area contributed by atoms with Gasteiger partial charge in [0.2, 0.25) is 0 Å². The molecule has 1 atom stereocenters. The summed E-state index contributed by atoms with van der Waals surface area (Å²) < 4.78 is 0. The second kappa shape index (κ2) is 5.64. The predicted molar refractivity (Wildman–Crippen MR) is 61.9 cm³/mol. The first-order valence-corrected chi connectivity index (χ1v) is 6.61. The fraction of sp³-hybridized carbons (Fsp3) is 0.923. The molecule has 2 nitrogen and oxygen atoms in total. The first-order chi connectivity index (χ1) is 7.36. The standard InChI is InChI=1S/C13H23NO/c15-13-8-4-3-7-12(13)11-14-9-5-1-2-6-10-14/h12H,1-11H2/t12-/m1/s1. The van der Waals surface area contributed by atoms with Crippen molar-refractivity contribution in [1.82, 2.24) is 4.90 Å². The highest BCUT2D eigenvalue weighted by Gasteiger charge is 2.24. The predicted octanol–water partition coefficient (Wildman–Crippen LogP) is 2.62. The number of carbonyl (C=O) groups is 1. The van der Waals surface area contributed by atoms with Crippen molar-refractivity contribution >= 4 is 5.78 Å². The van der Waals surface area contributed by atoms with E-state index in [1.54, 1.807) is 0 Å². The van der Waals surface area contributed by atoms with Crippen LogP contribution in [0.5, 0.6) is 0 Å². The van der Waals surface area contributed by atoms with E-state index in [0.29, 0.717) is 11.7 Å². The molecular weight excluding hydrogens is 186 g/mol. The third kappa shape index (κ3) is 3.30. The molecule has 0 unspecified atom stereocenters. The van der Waals surface area contributed by atoms with Gasteiger partial charge >= 0.3 is 0 Å². The van der Waals surface area contributed by atoms with Crippen LogP contribution < -0.4 is 0 Å². The Bertz CT molecular complexity index is 207. The maximum absolute atomic E-state index is 11.7. The van der Waals surface area contributed by atoms with Gasteiger partial charge in [-0.15, -0.1) is 0 Å². The van der Waals surface area contributed by atoms with Crippen LogP contribution in [0.1, 0.15) is 51.4 Å². The van der Waals surface area contributed by atoms with Gasteiger partial charge in [-0.1, -0.05) is 19.3 Å². The molecule has 2 fully saturated rings. The highest BCUT2D eigenvalue weighted by molar-refractivity contribution is 5.81. The Morgan fingerprint density at radius 3 is 2.40 bits per heavy atom. The Labute approximate surface area is 93.0 Å². The third-order valence-corrected chi connectivity index (χ3v) is 3.86. The number of carbonyl (C=O) groups excluding carboxylic acids is 1. The van der Waals surface area contributed by atoms with Crippen LogP contribution in [0.3, 0.4) is 0 Å². The summed E-state index contributed by atoms with van der Waals surface area (Å²) in [6.45, 7) is 3.51. The molecule has 1 saturated carbocycles. The number of hydrogen-bond acceptors (Lipinski definition) is 2. The highest BCUT2D eigenvalue weighted by Crippen LogP contribution is 2.22. The monoisotopic (exact) mass is 209 g/mol. The summed E-state index contributed by atoms with van der Waals surface area (Å²) >= 11 is 0. The molecule has 0 N–H and O–H groups in total. The Morgan fingerprint density at radius 2 is 1.73 bits per heavy atom. The highest BCUT2D eigenvalue weighted by atomic mass is 16.1. The molecule has 0 bridgehead atoms. The zero-order valence-corrected chi connectivity index (χ0v) is 9.71. The molecule has 1 saturated heterocycles. The van der Waals surface area contributed by atoms with Gasteiger partial charge in [-0.05, 0) is 38.8 Å². The molecule has 15 heavy (non-hydrogen) atoms. The van der Waals surface area contributed by atoms with Crippen LogP contribution in [0.2, 0.25) is 0 Å². The van der Waals surface area contributed by atoms with E-state index in [9.17, 15) is 4.79 Å². The lowest BCUT2D eigenvalue weighted by Crippen LogP contribution is -2.35. The summed E-state index contributed by atoms with van der Waals surface area (Å²) in [6, 6.07) is 0. The maximum Gasteiger partial charge on any atom is 0.137 e. The Morgan fingerprint density at radius 1 is 1.00 bits per heavy atom. The number of hydrogen-bond donors (Lipinski definition) is 0. The molecule has 0 amide bonds. The van der Waals surface area contributed by atoms with Crippen molar-refractivity contribution in [2.75, 3.05) is 19.6 Å². The van der Waals surface area contributed by atoms with Crippen molar-refractivity contribution in [3.05, 3.63) is 0 Å². The molecule has 0 spiro atoms. The molecule has 0 aromatic heterocycles. The molecule has 2 heteroatoms. The van der Waals surface area contributed by atoms with Gasteiger partial charge in [0.1, 0.15) is 5.78 Å². The number of likely N-dealkylation sites (tertiary alicyclic amines) is 1. The number of nitrogens with zero attached hydrogens (tertiary/aromatic N) is 1. The Hall–Kier alpha value is -0.370. The summed E-state index contributed by atoms with van der Waals surface area (Å²) in [5, 5.41) is 0. The molecule has 2 rings (SSSR count). The first kappa shape index (κ1) is 11.1. The van der Waals surface area contributed by atoms with Crippen LogP contribution in [0.4, 0.5) is 0 Å². The lowest BCUT2D eigenvalue weighted by atomic mass is 9.87. The minimum absolute atomic E-state index is 0.372. The molecule has 0 radical (unpaired) electrons. The fourth-order valence-electron chi connectivity index (χ4n) is 2.88. The van der Waals surface area contributed by atoms with Crippen LogP contribution in [0.15, 0.2) is 0 Å². The average Bonchev–Trinajstić information content (AvgIpc) is 2.50.